The molecule has 0 fully saturated rings. The Balaban J connectivity index is 1.88. The van der Waals surface area contributed by atoms with E-state index < -0.39 is 0 Å². The summed E-state index contributed by atoms with van der Waals surface area (Å²) < 4.78 is 0. The minimum absolute atomic E-state index is 0.238. The average molecular weight is 276 g/mol. The number of nitrogens with one attached hydrogen (secondary N) is 1. The molecule has 5 heteroatoms. The highest BCUT2D eigenvalue weighted by Gasteiger charge is 2.07. The number of benzene rings is 1. The van der Waals surface area contributed by atoms with Crippen LogP contribution in [0.4, 0.5) is 0 Å². The summed E-state index contributed by atoms with van der Waals surface area (Å²) >= 11 is 5.61. The smallest absolute Gasteiger partial charge is 0.271 e. The number of rotatable bonds is 4. The van der Waals surface area contributed by atoms with E-state index in [4.69, 9.17) is 11.6 Å². The maximum absolute atomic E-state index is 11.8. The normalized spacial score (nSPS) is 10.2. The summed E-state index contributed by atoms with van der Waals surface area (Å²) in [6.07, 6.45) is 3.52. The van der Waals surface area contributed by atoms with Crippen LogP contribution in [0.15, 0.2) is 36.7 Å². The van der Waals surface area contributed by atoms with Gasteiger partial charge in [-0.25, -0.2) is 9.97 Å². The minimum Gasteiger partial charge on any atom is -0.350 e. The van der Waals surface area contributed by atoms with Crippen LogP contribution in [-0.4, -0.2) is 22.4 Å². The monoisotopic (exact) mass is 275 g/mol. The van der Waals surface area contributed by atoms with Gasteiger partial charge in [-0.05, 0) is 24.5 Å². The number of carbonyl (C=O) groups is 1. The van der Waals surface area contributed by atoms with Gasteiger partial charge in [0.25, 0.3) is 5.91 Å². The third-order valence-corrected chi connectivity index (χ3v) is 2.99. The van der Waals surface area contributed by atoms with Crippen LogP contribution in [-0.2, 0) is 6.42 Å². The molecule has 0 bridgehead atoms. The summed E-state index contributed by atoms with van der Waals surface area (Å²) in [6, 6.07) is 8.11. The zero-order valence-electron chi connectivity index (χ0n) is 10.6. The Morgan fingerprint density at radius 3 is 2.74 bits per heavy atom. The average Bonchev–Trinajstić information content (AvgIpc) is 2.41. The highest BCUT2D eigenvalue weighted by molar-refractivity contribution is 6.29. The summed E-state index contributed by atoms with van der Waals surface area (Å²) in [5.41, 5.74) is 2.72. The quantitative estimate of drug-likeness (QED) is 0.932. The molecule has 1 amide bonds. The molecule has 0 aliphatic rings. The van der Waals surface area contributed by atoms with Gasteiger partial charge in [0.15, 0.2) is 0 Å². The van der Waals surface area contributed by atoms with Crippen molar-refractivity contribution in [1.29, 1.82) is 0 Å². The van der Waals surface area contributed by atoms with Gasteiger partial charge in [-0.2, -0.15) is 0 Å². The van der Waals surface area contributed by atoms with E-state index in [0.717, 1.165) is 6.42 Å². The molecule has 98 valence electrons. The van der Waals surface area contributed by atoms with Gasteiger partial charge in [0.2, 0.25) is 0 Å². The molecule has 0 aliphatic carbocycles. The molecular formula is C14H14ClN3O. The Bertz CT molecular complexity index is 569. The van der Waals surface area contributed by atoms with Crippen LogP contribution in [0.25, 0.3) is 0 Å². The van der Waals surface area contributed by atoms with E-state index >= 15 is 0 Å². The molecule has 1 aromatic carbocycles. The zero-order chi connectivity index (χ0) is 13.7. The molecule has 0 atom stereocenters. The van der Waals surface area contributed by atoms with Crippen LogP contribution < -0.4 is 5.32 Å². The van der Waals surface area contributed by atoms with Crippen LogP contribution in [0.1, 0.15) is 21.6 Å². The van der Waals surface area contributed by atoms with Crippen molar-refractivity contribution in [3.8, 4) is 0 Å². The molecule has 0 aliphatic heterocycles. The summed E-state index contributed by atoms with van der Waals surface area (Å²) in [5, 5.41) is 3.08. The second kappa shape index (κ2) is 6.29. The summed E-state index contributed by atoms with van der Waals surface area (Å²) in [4.78, 5) is 19.5. The van der Waals surface area contributed by atoms with E-state index in [-0.39, 0.29) is 16.8 Å². The highest BCUT2D eigenvalue weighted by Crippen LogP contribution is 2.07. The molecule has 4 nitrogen and oxygen atoms in total. The van der Waals surface area contributed by atoms with E-state index in [1.807, 2.05) is 12.1 Å². The van der Waals surface area contributed by atoms with Gasteiger partial charge in [-0.15, -0.1) is 0 Å². The highest BCUT2D eigenvalue weighted by atomic mass is 35.5. The van der Waals surface area contributed by atoms with E-state index in [9.17, 15) is 4.79 Å². The first kappa shape index (κ1) is 13.5. The van der Waals surface area contributed by atoms with Gasteiger partial charge in [-0.3, -0.25) is 4.79 Å². The van der Waals surface area contributed by atoms with Crippen LogP contribution in [0.2, 0.25) is 5.15 Å². The largest absolute Gasteiger partial charge is 0.350 e. The standard InChI is InChI=1S/C14H14ClN3O/c1-10-4-2-3-5-11(10)6-7-16-14(19)12-8-18-13(15)9-17-12/h2-5,8-9H,6-7H2,1H3,(H,16,19). The predicted octanol–water partition coefficient (Wildman–Crippen LogP) is 2.41. The van der Waals surface area contributed by atoms with Crippen molar-refractivity contribution in [1.82, 2.24) is 15.3 Å². The number of halogens is 1. The van der Waals surface area contributed by atoms with E-state index in [2.05, 4.69) is 34.3 Å². The van der Waals surface area contributed by atoms with Crippen molar-refractivity contribution in [3.05, 3.63) is 58.6 Å². The Labute approximate surface area is 116 Å². The molecule has 1 heterocycles. The van der Waals surface area contributed by atoms with Crippen LogP contribution in [0, 0.1) is 6.92 Å². The van der Waals surface area contributed by atoms with Gasteiger partial charge >= 0.3 is 0 Å². The van der Waals surface area contributed by atoms with Crippen molar-refractivity contribution >= 4 is 17.5 Å². The second-order valence-electron chi connectivity index (χ2n) is 4.16. The van der Waals surface area contributed by atoms with Crippen molar-refractivity contribution in [3.63, 3.8) is 0 Å². The van der Waals surface area contributed by atoms with Gasteiger partial charge in [0, 0.05) is 6.54 Å². The molecule has 2 rings (SSSR count). The van der Waals surface area contributed by atoms with Gasteiger partial charge in [0.05, 0.1) is 12.4 Å². The third kappa shape index (κ3) is 3.76. The Morgan fingerprint density at radius 1 is 1.26 bits per heavy atom. The van der Waals surface area contributed by atoms with E-state index in [1.165, 1.54) is 23.5 Å². The van der Waals surface area contributed by atoms with Gasteiger partial charge in [-0.1, -0.05) is 35.9 Å². The van der Waals surface area contributed by atoms with Crippen molar-refractivity contribution in [2.45, 2.75) is 13.3 Å². The van der Waals surface area contributed by atoms with Crippen molar-refractivity contribution < 1.29 is 4.79 Å². The molecule has 1 aromatic heterocycles. The number of amides is 1. The number of carbonyl (C=O) groups excluding carboxylic acids is 1. The fourth-order valence-electron chi connectivity index (χ4n) is 1.72. The van der Waals surface area contributed by atoms with Gasteiger partial charge < -0.3 is 5.32 Å². The molecular weight excluding hydrogens is 262 g/mol. The maximum Gasteiger partial charge on any atom is 0.271 e. The van der Waals surface area contributed by atoms with E-state index in [1.54, 1.807) is 0 Å². The predicted molar refractivity (Wildman–Crippen MR) is 74.3 cm³/mol. The molecule has 0 spiro atoms. The van der Waals surface area contributed by atoms with E-state index in [0.29, 0.717) is 6.54 Å². The molecule has 1 N–H and O–H groups in total. The fourth-order valence-corrected chi connectivity index (χ4v) is 1.82. The zero-order valence-corrected chi connectivity index (χ0v) is 11.3. The van der Waals surface area contributed by atoms with Crippen LogP contribution >= 0.6 is 11.6 Å². The van der Waals surface area contributed by atoms with Crippen LogP contribution in [0.3, 0.4) is 0 Å². The topological polar surface area (TPSA) is 54.9 Å². The van der Waals surface area contributed by atoms with Crippen molar-refractivity contribution in [2.24, 2.45) is 0 Å². The number of hydrogen-bond donors (Lipinski definition) is 1. The number of aryl methyl sites for hydroxylation is 1. The Hall–Kier alpha value is -1.94. The molecule has 0 radical (unpaired) electrons. The van der Waals surface area contributed by atoms with Crippen molar-refractivity contribution in [2.75, 3.05) is 6.54 Å². The SMILES string of the molecule is Cc1ccccc1CCNC(=O)c1cnc(Cl)cn1. The first-order valence-corrected chi connectivity index (χ1v) is 6.35. The number of aromatic nitrogens is 2. The summed E-state index contributed by atoms with van der Waals surface area (Å²) in [7, 11) is 0. The molecule has 0 saturated heterocycles. The molecule has 19 heavy (non-hydrogen) atoms. The number of nitrogens with zero attached hydrogens (tertiary/aromatic N) is 2. The third-order valence-electron chi connectivity index (χ3n) is 2.79. The molecule has 0 saturated carbocycles. The lowest BCUT2D eigenvalue weighted by atomic mass is 10.1. The number of hydrogen-bond acceptors (Lipinski definition) is 3. The summed E-state index contributed by atoms with van der Waals surface area (Å²) in [5.74, 6) is -0.238. The Kier molecular flexibility index (Phi) is 4.47. The lowest BCUT2D eigenvalue weighted by Gasteiger charge is -2.07. The van der Waals surface area contributed by atoms with Crippen LogP contribution in [0.5, 0.6) is 0 Å². The fraction of sp³-hybridized carbons (Fsp3) is 0.214. The lowest BCUT2D eigenvalue weighted by Crippen LogP contribution is -2.26. The second-order valence-corrected chi connectivity index (χ2v) is 4.54. The maximum atomic E-state index is 11.8. The molecule has 2 aromatic rings. The van der Waals surface area contributed by atoms with Gasteiger partial charge in [0.1, 0.15) is 10.8 Å². The Morgan fingerprint density at radius 2 is 2.05 bits per heavy atom. The first-order valence-electron chi connectivity index (χ1n) is 5.97. The summed E-state index contributed by atoms with van der Waals surface area (Å²) in [6.45, 7) is 2.62. The molecule has 0 unspecified atom stereocenters. The minimum atomic E-state index is -0.238. The lowest BCUT2D eigenvalue weighted by molar-refractivity contribution is 0.0948. The first-order chi connectivity index (χ1) is 9.16.